The molecule has 0 unspecified atom stereocenters. The van der Waals surface area contributed by atoms with Crippen molar-refractivity contribution in [2.45, 2.75) is 32.5 Å². The predicted molar refractivity (Wildman–Crippen MR) is 122 cm³/mol. The van der Waals surface area contributed by atoms with Crippen LogP contribution in [0, 0.1) is 12.7 Å². The van der Waals surface area contributed by atoms with E-state index in [1.54, 1.807) is 24.8 Å². The van der Waals surface area contributed by atoms with Gasteiger partial charge in [0.1, 0.15) is 30.4 Å². The van der Waals surface area contributed by atoms with E-state index in [2.05, 4.69) is 25.4 Å². The lowest BCUT2D eigenvalue weighted by molar-refractivity contribution is -0.128. The summed E-state index contributed by atoms with van der Waals surface area (Å²) in [6.45, 7) is 3.93. The van der Waals surface area contributed by atoms with Crippen LogP contribution < -0.4 is 10.2 Å². The molecule has 0 bridgehead atoms. The number of anilines is 2. The molecule has 9 nitrogen and oxygen atoms in total. The number of fused-ring (bicyclic) bond motifs is 3. The first-order valence-corrected chi connectivity index (χ1v) is 11.1. The number of benzene rings is 1. The van der Waals surface area contributed by atoms with Crippen LogP contribution in [0.25, 0.3) is 16.7 Å². The number of halogens is 4. The van der Waals surface area contributed by atoms with Crippen molar-refractivity contribution in [2.24, 2.45) is 0 Å². The van der Waals surface area contributed by atoms with Crippen molar-refractivity contribution < 1.29 is 27.1 Å². The molecule has 4 aromatic rings. The molecule has 1 amide bonds. The van der Waals surface area contributed by atoms with Crippen LogP contribution in [0.4, 0.5) is 29.1 Å². The number of ether oxygens (including phenoxy) is 1. The van der Waals surface area contributed by atoms with E-state index in [-0.39, 0.29) is 18.1 Å². The third-order valence-electron chi connectivity index (χ3n) is 5.88. The molecule has 1 atom stereocenters. The number of rotatable bonds is 5. The van der Waals surface area contributed by atoms with E-state index in [1.165, 1.54) is 23.0 Å². The van der Waals surface area contributed by atoms with Gasteiger partial charge in [0.2, 0.25) is 0 Å². The van der Waals surface area contributed by atoms with Crippen LogP contribution >= 0.6 is 0 Å². The topological polar surface area (TPSA) is 97.5 Å². The van der Waals surface area contributed by atoms with E-state index in [0.29, 0.717) is 47.2 Å². The van der Waals surface area contributed by atoms with Gasteiger partial charge < -0.3 is 15.0 Å². The first-order valence-electron chi connectivity index (χ1n) is 11.1. The Balaban J connectivity index is 1.58. The van der Waals surface area contributed by atoms with E-state index in [1.807, 2.05) is 0 Å². The lowest BCUT2D eigenvalue weighted by Crippen LogP contribution is -2.42. The number of nitrogens with one attached hydrogen (secondary N) is 1. The average molecular weight is 503 g/mol. The molecular formula is C23H21F4N7O2. The van der Waals surface area contributed by atoms with Crippen molar-refractivity contribution in [3.8, 4) is 0 Å². The van der Waals surface area contributed by atoms with Crippen molar-refractivity contribution in [3.05, 3.63) is 53.4 Å². The fraction of sp³-hybridized carbons (Fsp3) is 0.348. The summed E-state index contributed by atoms with van der Waals surface area (Å²) in [5.74, 6) is -0.409. The summed E-state index contributed by atoms with van der Waals surface area (Å²) in [4.78, 5) is 27.2. The Morgan fingerprint density at radius 1 is 1.22 bits per heavy atom. The molecular weight excluding hydrogens is 482 g/mol. The molecule has 1 aliphatic heterocycles. The third-order valence-corrected chi connectivity index (χ3v) is 5.88. The molecule has 0 aliphatic carbocycles. The predicted octanol–water partition coefficient (Wildman–Crippen LogP) is 3.76. The lowest BCUT2D eigenvalue weighted by Gasteiger charge is -2.27. The average Bonchev–Trinajstić information content (AvgIpc) is 3.21. The summed E-state index contributed by atoms with van der Waals surface area (Å²) in [7, 11) is 0. The third kappa shape index (κ3) is 4.41. The number of carbonyl (C=O) groups is 1. The minimum Gasteiger partial charge on any atom is -0.370 e. The maximum atomic E-state index is 15.0. The second-order valence-electron chi connectivity index (χ2n) is 8.46. The quantitative estimate of drug-likeness (QED) is 0.414. The Morgan fingerprint density at radius 2 is 2.03 bits per heavy atom. The molecule has 188 valence electrons. The maximum absolute atomic E-state index is 15.0. The number of amides is 1. The number of pyridine rings is 1. The molecule has 1 saturated heterocycles. The van der Waals surface area contributed by atoms with Gasteiger partial charge in [0.05, 0.1) is 30.1 Å². The number of morpholine rings is 1. The first kappa shape index (κ1) is 23.9. The van der Waals surface area contributed by atoms with Crippen LogP contribution in [0.5, 0.6) is 0 Å². The fourth-order valence-electron chi connectivity index (χ4n) is 4.27. The SMILES string of the molecule is Cc1nc2c(N3CCOCC3=O)cc3c(N[C@H](C)c4cccc(CC(F)(F)F)c4F)ncnc3n2n1. The van der Waals surface area contributed by atoms with Crippen molar-refractivity contribution in [1.29, 1.82) is 0 Å². The number of aryl methyl sites for hydroxylation is 1. The van der Waals surface area contributed by atoms with Gasteiger partial charge in [-0.25, -0.2) is 19.3 Å². The van der Waals surface area contributed by atoms with E-state index in [0.717, 1.165) is 6.07 Å². The molecule has 0 saturated carbocycles. The summed E-state index contributed by atoms with van der Waals surface area (Å²) < 4.78 is 60.3. The molecule has 36 heavy (non-hydrogen) atoms. The van der Waals surface area contributed by atoms with Crippen LogP contribution in [0.1, 0.15) is 29.9 Å². The zero-order chi connectivity index (χ0) is 25.6. The highest BCUT2D eigenvalue weighted by molar-refractivity contribution is 6.02. The van der Waals surface area contributed by atoms with Gasteiger partial charge in [-0.1, -0.05) is 18.2 Å². The normalized spacial score (nSPS) is 15.6. The lowest BCUT2D eigenvalue weighted by atomic mass is 10.0. The van der Waals surface area contributed by atoms with Crippen LogP contribution in [0.3, 0.4) is 0 Å². The second kappa shape index (κ2) is 8.97. The highest BCUT2D eigenvalue weighted by atomic mass is 19.4. The smallest absolute Gasteiger partial charge is 0.370 e. The van der Waals surface area contributed by atoms with Gasteiger partial charge in [-0.15, -0.1) is 5.10 Å². The van der Waals surface area contributed by atoms with Crippen LogP contribution in [0.2, 0.25) is 0 Å². The largest absolute Gasteiger partial charge is 0.393 e. The van der Waals surface area contributed by atoms with E-state index >= 15 is 0 Å². The molecule has 0 radical (unpaired) electrons. The fourth-order valence-corrected chi connectivity index (χ4v) is 4.27. The zero-order valence-electron chi connectivity index (χ0n) is 19.3. The van der Waals surface area contributed by atoms with Gasteiger partial charge in [-0.2, -0.15) is 17.7 Å². The minimum absolute atomic E-state index is 0.0600. The second-order valence-corrected chi connectivity index (χ2v) is 8.46. The molecule has 4 heterocycles. The molecule has 0 spiro atoms. The number of carbonyl (C=O) groups excluding carboxylic acids is 1. The molecule has 5 rings (SSSR count). The summed E-state index contributed by atoms with van der Waals surface area (Å²) >= 11 is 0. The maximum Gasteiger partial charge on any atom is 0.393 e. The Morgan fingerprint density at radius 3 is 2.78 bits per heavy atom. The standard InChI is InChI=1S/C23H21F4N7O2/c1-12(15-5-3-4-14(19(15)24)9-23(25,26)27)30-20-16-8-17(33-6-7-36-10-18(33)35)22-31-13(2)32-34(22)21(16)29-11-28-20/h3-5,8,11-12H,6-7,9-10H2,1-2H3,(H,28,29,30)/t12-/m1/s1. The molecule has 1 fully saturated rings. The van der Waals surface area contributed by atoms with Gasteiger partial charge in [0.15, 0.2) is 11.3 Å². The van der Waals surface area contributed by atoms with E-state index in [4.69, 9.17) is 4.74 Å². The van der Waals surface area contributed by atoms with Gasteiger partial charge in [0.25, 0.3) is 5.91 Å². The first-order chi connectivity index (χ1) is 17.1. The van der Waals surface area contributed by atoms with Gasteiger partial charge in [0, 0.05) is 12.1 Å². The highest BCUT2D eigenvalue weighted by Gasteiger charge is 2.30. The number of hydrogen-bond acceptors (Lipinski definition) is 7. The minimum atomic E-state index is -4.53. The van der Waals surface area contributed by atoms with Gasteiger partial charge in [-0.05, 0) is 25.5 Å². The van der Waals surface area contributed by atoms with Crippen LogP contribution in [-0.2, 0) is 16.0 Å². The molecule has 1 aliphatic rings. The summed E-state index contributed by atoms with van der Waals surface area (Å²) in [6, 6.07) is 4.90. The monoisotopic (exact) mass is 503 g/mol. The summed E-state index contributed by atoms with van der Waals surface area (Å²) in [5.41, 5.74) is 0.934. The molecule has 13 heteroatoms. The Hall–Kier alpha value is -3.87. The number of alkyl halides is 3. The van der Waals surface area contributed by atoms with Crippen molar-refractivity contribution >= 4 is 34.1 Å². The van der Waals surface area contributed by atoms with Crippen molar-refractivity contribution in [2.75, 3.05) is 30.0 Å². The zero-order valence-corrected chi connectivity index (χ0v) is 19.3. The van der Waals surface area contributed by atoms with Crippen LogP contribution in [-0.4, -0.2) is 56.4 Å². The van der Waals surface area contributed by atoms with Gasteiger partial charge >= 0.3 is 6.18 Å². The number of hydrogen-bond donors (Lipinski definition) is 1. The molecule has 1 aromatic carbocycles. The summed E-state index contributed by atoms with van der Waals surface area (Å²) in [5, 5.41) is 7.97. The van der Waals surface area contributed by atoms with E-state index in [9.17, 15) is 22.4 Å². The van der Waals surface area contributed by atoms with E-state index < -0.39 is 30.0 Å². The Bertz CT molecular complexity index is 1470. The van der Waals surface area contributed by atoms with Crippen molar-refractivity contribution in [3.63, 3.8) is 0 Å². The Labute approximate surface area is 202 Å². The highest BCUT2D eigenvalue weighted by Crippen LogP contribution is 2.33. The number of aromatic nitrogens is 5. The van der Waals surface area contributed by atoms with Crippen LogP contribution in [0.15, 0.2) is 30.6 Å². The van der Waals surface area contributed by atoms with Gasteiger partial charge in [-0.3, -0.25) is 4.79 Å². The Kier molecular flexibility index (Phi) is 5.94. The summed E-state index contributed by atoms with van der Waals surface area (Å²) in [6.07, 6.45) is -4.60. The molecule has 1 N–H and O–H groups in total. The molecule has 3 aromatic heterocycles. The van der Waals surface area contributed by atoms with Crippen molar-refractivity contribution in [1.82, 2.24) is 24.6 Å². The number of nitrogens with zero attached hydrogens (tertiary/aromatic N) is 6.